The summed E-state index contributed by atoms with van der Waals surface area (Å²) in [5.74, 6) is -2.50. The van der Waals surface area contributed by atoms with Crippen LogP contribution in [0.15, 0.2) is 12.1 Å². The molecule has 0 saturated heterocycles. The van der Waals surface area contributed by atoms with E-state index in [4.69, 9.17) is 18.9 Å². The number of ether oxygens (including phenoxy) is 4. The topological polar surface area (TPSA) is 105 Å². The van der Waals surface area contributed by atoms with Gasteiger partial charge in [-0.05, 0) is 24.1 Å². The molecule has 0 spiro atoms. The first-order chi connectivity index (χ1) is 12.0. The van der Waals surface area contributed by atoms with Gasteiger partial charge in [0, 0.05) is 18.4 Å². The summed E-state index contributed by atoms with van der Waals surface area (Å²) in [6, 6.07) is 2.92. The molecule has 2 rings (SSSR count). The van der Waals surface area contributed by atoms with Crippen LogP contribution in [0.25, 0.3) is 0 Å². The van der Waals surface area contributed by atoms with Crippen LogP contribution in [0.1, 0.15) is 51.1 Å². The Hall–Kier alpha value is -2.90. The van der Waals surface area contributed by atoms with E-state index in [2.05, 4.69) is 0 Å². The van der Waals surface area contributed by atoms with Gasteiger partial charge in [0.2, 0.25) is 0 Å². The van der Waals surface area contributed by atoms with Crippen LogP contribution in [0.2, 0.25) is 0 Å². The monoisotopic (exact) mass is 350 g/mol. The lowest BCUT2D eigenvalue weighted by Crippen LogP contribution is -2.18. The first kappa shape index (κ1) is 18.4. The molecule has 1 aliphatic heterocycles. The molecule has 1 aliphatic rings. The lowest BCUT2D eigenvalue weighted by atomic mass is 9.97. The summed E-state index contributed by atoms with van der Waals surface area (Å²) in [6.45, 7) is -0.291. The number of cyclic esters (lactones) is 2. The van der Waals surface area contributed by atoms with Crippen molar-refractivity contribution in [2.24, 2.45) is 0 Å². The van der Waals surface area contributed by atoms with E-state index in [9.17, 15) is 19.2 Å². The Bertz CT molecular complexity index is 707. The lowest BCUT2D eigenvalue weighted by molar-refractivity contribution is -0.147. The van der Waals surface area contributed by atoms with Gasteiger partial charge in [-0.25, -0.2) is 9.59 Å². The molecule has 0 N–H and O–H groups in total. The number of hydrogen-bond donors (Lipinski definition) is 0. The maximum Gasteiger partial charge on any atom is 0.339 e. The van der Waals surface area contributed by atoms with Gasteiger partial charge in [0.1, 0.15) is 13.2 Å². The molecule has 134 valence electrons. The molecule has 0 aromatic heterocycles. The number of fused-ring (bicyclic) bond motifs is 2. The molecule has 1 heterocycles. The summed E-state index contributed by atoms with van der Waals surface area (Å²) in [6.07, 6.45) is 0.446. The van der Waals surface area contributed by atoms with Crippen LogP contribution >= 0.6 is 0 Å². The fourth-order valence-electron chi connectivity index (χ4n) is 2.42. The largest absolute Gasteiger partial charge is 0.465 e. The van der Waals surface area contributed by atoms with Crippen LogP contribution in [0.5, 0.6) is 0 Å². The van der Waals surface area contributed by atoms with Crippen molar-refractivity contribution < 1.29 is 38.1 Å². The molecule has 8 nitrogen and oxygen atoms in total. The van der Waals surface area contributed by atoms with Crippen molar-refractivity contribution in [2.75, 3.05) is 14.2 Å². The predicted octanol–water partition coefficient (Wildman–Crippen LogP) is 1.53. The van der Waals surface area contributed by atoms with Gasteiger partial charge in [0.25, 0.3) is 0 Å². The quantitative estimate of drug-likeness (QED) is 0.584. The number of esters is 4. The normalized spacial score (nSPS) is 15.1. The Morgan fingerprint density at radius 1 is 0.920 bits per heavy atom. The van der Waals surface area contributed by atoms with Gasteiger partial charge in [-0.3, -0.25) is 9.59 Å². The van der Waals surface area contributed by atoms with Crippen LogP contribution in [0, 0.1) is 0 Å². The summed E-state index contributed by atoms with van der Waals surface area (Å²) in [5, 5.41) is 0. The summed E-state index contributed by atoms with van der Waals surface area (Å²) >= 11 is 0. The van der Waals surface area contributed by atoms with Gasteiger partial charge in [0.05, 0.1) is 25.3 Å². The number of rotatable bonds is 2. The smallest absolute Gasteiger partial charge is 0.339 e. The SMILES string of the molecule is COC(=O)c1cc2cc(c1C(=O)OC)COC(=O)CCCC(=O)OC2. The number of carbonyl (C=O) groups is 4. The van der Waals surface area contributed by atoms with E-state index in [1.165, 1.54) is 26.4 Å². The van der Waals surface area contributed by atoms with Gasteiger partial charge in [0.15, 0.2) is 0 Å². The average molecular weight is 350 g/mol. The number of hydrogen-bond acceptors (Lipinski definition) is 8. The summed E-state index contributed by atoms with van der Waals surface area (Å²) in [5.41, 5.74) is 0.642. The molecule has 2 bridgehead atoms. The Labute approximate surface area is 144 Å². The molecule has 1 aromatic rings. The molecule has 0 fully saturated rings. The maximum absolute atomic E-state index is 12.1. The Kier molecular flexibility index (Phi) is 6.10. The van der Waals surface area contributed by atoms with E-state index in [0.717, 1.165) is 0 Å². The molecule has 0 amide bonds. The molecular formula is C17H18O8. The molecule has 25 heavy (non-hydrogen) atoms. The summed E-state index contributed by atoms with van der Waals surface area (Å²) in [7, 11) is 2.35. The van der Waals surface area contributed by atoms with Crippen molar-refractivity contribution in [3.63, 3.8) is 0 Å². The van der Waals surface area contributed by atoms with E-state index in [1.807, 2.05) is 0 Å². The van der Waals surface area contributed by atoms with Gasteiger partial charge in [-0.1, -0.05) is 0 Å². The van der Waals surface area contributed by atoms with Crippen molar-refractivity contribution in [3.05, 3.63) is 34.4 Å². The third kappa shape index (κ3) is 4.56. The average Bonchev–Trinajstić information content (AvgIpc) is 2.62. The Morgan fingerprint density at radius 2 is 1.52 bits per heavy atom. The number of benzene rings is 1. The molecule has 8 heteroatoms. The van der Waals surface area contributed by atoms with Gasteiger partial charge in [-0.2, -0.15) is 0 Å². The van der Waals surface area contributed by atoms with Crippen molar-refractivity contribution in [2.45, 2.75) is 32.5 Å². The minimum Gasteiger partial charge on any atom is -0.465 e. The van der Waals surface area contributed by atoms with E-state index in [1.54, 1.807) is 0 Å². The first-order valence-corrected chi connectivity index (χ1v) is 7.60. The Morgan fingerprint density at radius 3 is 2.12 bits per heavy atom. The first-order valence-electron chi connectivity index (χ1n) is 7.60. The zero-order chi connectivity index (χ0) is 18.4. The highest BCUT2D eigenvalue weighted by Crippen LogP contribution is 2.23. The lowest BCUT2D eigenvalue weighted by Gasteiger charge is -2.16. The van der Waals surface area contributed by atoms with Crippen LogP contribution in [-0.4, -0.2) is 38.1 Å². The van der Waals surface area contributed by atoms with Gasteiger partial charge < -0.3 is 18.9 Å². The van der Waals surface area contributed by atoms with Gasteiger partial charge in [-0.15, -0.1) is 0 Å². The van der Waals surface area contributed by atoms with Crippen molar-refractivity contribution in [1.82, 2.24) is 0 Å². The molecule has 0 saturated carbocycles. The van der Waals surface area contributed by atoms with Crippen LogP contribution in [0.3, 0.4) is 0 Å². The summed E-state index contributed by atoms with van der Waals surface area (Å²) in [4.78, 5) is 47.6. The third-order valence-electron chi connectivity index (χ3n) is 3.62. The number of methoxy groups -OCH3 is 2. The van der Waals surface area contributed by atoms with E-state index >= 15 is 0 Å². The van der Waals surface area contributed by atoms with Crippen molar-refractivity contribution in [1.29, 1.82) is 0 Å². The van der Waals surface area contributed by atoms with Crippen LogP contribution in [0.4, 0.5) is 0 Å². The highest BCUT2D eigenvalue weighted by molar-refractivity contribution is 6.04. The minimum absolute atomic E-state index is 0.0470. The highest BCUT2D eigenvalue weighted by Gasteiger charge is 2.25. The van der Waals surface area contributed by atoms with Crippen molar-refractivity contribution >= 4 is 23.9 Å². The van der Waals surface area contributed by atoms with Crippen LogP contribution < -0.4 is 0 Å². The molecular weight excluding hydrogens is 332 g/mol. The van der Waals surface area contributed by atoms with Crippen molar-refractivity contribution in [3.8, 4) is 0 Å². The fourth-order valence-corrected chi connectivity index (χ4v) is 2.42. The second-order valence-corrected chi connectivity index (χ2v) is 5.34. The minimum atomic E-state index is -0.762. The predicted molar refractivity (Wildman–Crippen MR) is 82.6 cm³/mol. The standard InChI is InChI=1S/C17H18O8/c1-22-16(20)12-7-10-6-11(15(12)17(21)23-2)9-25-14(19)5-3-4-13(18)24-8-10/h6-7H,3-5,8-9H2,1-2H3. The molecule has 0 atom stereocenters. The highest BCUT2D eigenvalue weighted by atomic mass is 16.5. The van der Waals surface area contributed by atoms with E-state index < -0.39 is 23.9 Å². The molecule has 0 unspecified atom stereocenters. The van der Waals surface area contributed by atoms with E-state index in [0.29, 0.717) is 12.0 Å². The molecule has 1 aromatic carbocycles. The third-order valence-corrected chi connectivity index (χ3v) is 3.62. The summed E-state index contributed by atoms with van der Waals surface area (Å²) < 4.78 is 19.7. The van der Waals surface area contributed by atoms with E-state index in [-0.39, 0.29) is 42.7 Å². The molecule has 0 aliphatic carbocycles. The second kappa shape index (κ2) is 8.27. The second-order valence-electron chi connectivity index (χ2n) is 5.34. The number of carbonyl (C=O) groups excluding carboxylic acids is 4. The van der Waals surface area contributed by atoms with Gasteiger partial charge >= 0.3 is 23.9 Å². The Balaban J connectivity index is 2.54. The van der Waals surface area contributed by atoms with Crippen LogP contribution in [-0.2, 0) is 41.8 Å². The fraction of sp³-hybridized carbons (Fsp3) is 0.412. The zero-order valence-electron chi connectivity index (χ0n) is 14.0. The zero-order valence-corrected chi connectivity index (χ0v) is 14.0. The molecule has 0 radical (unpaired) electrons. The maximum atomic E-state index is 12.1.